The van der Waals surface area contributed by atoms with Crippen molar-refractivity contribution < 1.29 is 4.74 Å². The molecule has 0 radical (unpaired) electrons. The van der Waals surface area contributed by atoms with Crippen LogP contribution in [0.4, 0.5) is 0 Å². The number of aromatic nitrogens is 1. The molecule has 100 valence electrons. The number of nitrogens with two attached hydrogens (primary N) is 1. The third-order valence-corrected chi connectivity index (χ3v) is 3.50. The lowest BCUT2D eigenvalue weighted by atomic mass is 10.1. The Labute approximate surface area is 125 Å². The van der Waals surface area contributed by atoms with Gasteiger partial charge in [0.1, 0.15) is 5.75 Å². The van der Waals surface area contributed by atoms with Crippen LogP contribution in [0.5, 0.6) is 11.6 Å². The monoisotopic (exact) mass is 328 g/mol. The molecular weight excluding hydrogens is 316 g/mol. The van der Waals surface area contributed by atoms with Crippen LogP contribution < -0.4 is 10.5 Å². The molecule has 0 aliphatic heterocycles. The lowest BCUT2D eigenvalue weighted by Crippen LogP contribution is -2.01. The SMILES string of the molecule is NCc1cc(Br)cnc1Oc1cccc2ccccc12. The maximum Gasteiger partial charge on any atom is 0.223 e. The predicted octanol–water partition coefficient (Wildman–Crippen LogP) is 4.25. The molecule has 0 aliphatic rings. The minimum Gasteiger partial charge on any atom is -0.438 e. The molecular formula is C16H13BrN2O. The van der Waals surface area contributed by atoms with Gasteiger partial charge in [0, 0.05) is 28.2 Å². The molecule has 3 nitrogen and oxygen atoms in total. The molecule has 1 aromatic heterocycles. The van der Waals surface area contributed by atoms with E-state index in [1.54, 1.807) is 6.20 Å². The molecule has 3 aromatic rings. The number of hydrogen-bond acceptors (Lipinski definition) is 3. The molecule has 2 N–H and O–H groups in total. The lowest BCUT2D eigenvalue weighted by molar-refractivity contribution is 0.461. The Morgan fingerprint density at radius 1 is 1.10 bits per heavy atom. The van der Waals surface area contributed by atoms with Crippen LogP contribution in [0.15, 0.2) is 59.2 Å². The molecule has 2 aromatic carbocycles. The molecule has 0 fully saturated rings. The van der Waals surface area contributed by atoms with E-state index in [-0.39, 0.29) is 0 Å². The summed E-state index contributed by atoms with van der Waals surface area (Å²) in [6.45, 7) is 0.381. The molecule has 0 atom stereocenters. The molecule has 1 heterocycles. The highest BCUT2D eigenvalue weighted by molar-refractivity contribution is 9.10. The number of pyridine rings is 1. The topological polar surface area (TPSA) is 48.1 Å². The maximum absolute atomic E-state index is 5.96. The summed E-state index contributed by atoms with van der Waals surface area (Å²) >= 11 is 3.39. The van der Waals surface area contributed by atoms with E-state index in [0.29, 0.717) is 12.4 Å². The highest BCUT2D eigenvalue weighted by atomic mass is 79.9. The zero-order chi connectivity index (χ0) is 13.9. The van der Waals surface area contributed by atoms with Crippen molar-refractivity contribution in [1.82, 2.24) is 4.98 Å². The summed E-state index contributed by atoms with van der Waals surface area (Å²) in [6.07, 6.45) is 1.71. The molecule has 0 unspecified atom stereocenters. The molecule has 0 saturated carbocycles. The average Bonchev–Trinajstić information content (AvgIpc) is 2.49. The van der Waals surface area contributed by atoms with Gasteiger partial charge in [-0.15, -0.1) is 0 Å². The van der Waals surface area contributed by atoms with Crippen molar-refractivity contribution in [1.29, 1.82) is 0 Å². The van der Waals surface area contributed by atoms with Gasteiger partial charge in [-0.25, -0.2) is 4.98 Å². The number of ether oxygens (including phenoxy) is 1. The Bertz CT molecular complexity index is 753. The fraction of sp³-hybridized carbons (Fsp3) is 0.0625. The van der Waals surface area contributed by atoms with Gasteiger partial charge < -0.3 is 10.5 Å². The molecule has 3 rings (SSSR count). The van der Waals surface area contributed by atoms with Crippen LogP contribution >= 0.6 is 15.9 Å². The van der Waals surface area contributed by atoms with Gasteiger partial charge in [0.2, 0.25) is 5.88 Å². The predicted molar refractivity (Wildman–Crippen MR) is 83.9 cm³/mol. The molecule has 20 heavy (non-hydrogen) atoms. The number of fused-ring (bicyclic) bond motifs is 1. The van der Waals surface area contributed by atoms with Crippen molar-refractivity contribution >= 4 is 26.7 Å². The van der Waals surface area contributed by atoms with Gasteiger partial charge in [-0.05, 0) is 33.4 Å². The Kier molecular flexibility index (Phi) is 3.67. The first-order chi connectivity index (χ1) is 9.78. The zero-order valence-corrected chi connectivity index (χ0v) is 12.3. The van der Waals surface area contributed by atoms with E-state index in [1.807, 2.05) is 36.4 Å². The molecule has 0 saturated heterocycles. The first kappa shape index (κ1) is 13.1. The van der Waals surface area contributed by atoms with Crippen molar-refractivity contribution in [3.05, 3.63) is 64.8 Å². The minimum atomic E-state index is 0.381. The van der Waals surface area contributed by atoms with E-state index in [1.165, 1.54) is 0 Å². The van der Waals surface area contributed by atoms with Crippen LogP contribution in [-0.2, 0) is 6.54 Å². The smallest absolute Gasteiger partial charge is 0.223 e. The van der Waals surface area contributed by atoms with Gasteiger partial charge in [0.15, 0.2) is 0 Å². The molecule has 0 bridgehead atoms. The fourth-order valence-corrected chi connectivity index (χ4v) is 2.47. The van der Waals surface area contributed by atoms with E-state index in [0.717, 1.165) is 26.6 Å². The summed E-state index contributed by atoms with van der Waals surface area (Å²) in [6, 6.07) is 16.0. The van der Waals surface area contributed by atoms with Gasteiger partial charge in [0.05, 0.1) is 0 Å². The van der Waals surface area contributed by atoms with Gasteiger partial charge in [-0.3, -0.25) is 0 Å². The van der Waals surface area contributed by atoms with Crippen LogP contribution in [0.3, 0.4) is 0 Å². The summed E-state index contributed by atoms with van der Waals surface area (Å²) in [4.78, 5) is 4.30. The number of benzene rings is 2. The van der Waals surface area contributed by atoms with Crippen molar-refractivity contribution in [2.24, 2.45) is 5.73 Å². The van der Waals surface area contributed by atoms with E-state index >= 15 is 0 Å². The van der Waals surface area contributed by atoms with Gasteiger partial charge in [-0.2, -0.15) is 0 Å². The molecule has 0 amide bonds. The second kappa shape index (κ2) is 5.61. The van der Waals surface area contributed by atoms with Crippen LogP contribution in [0.1, 0.15) is 5.56 Å². The quantitative estimate of drug-likeness (QED) is 0.781. The number of nitrogens with zero attached hydrogens (tertiary/aromatic N) is 1. The standard InChI is InChI=1S/C16H13BrN2O/c17-13-8-12(9-18)16(19-10-13)20-15-7-3-5-11-4-1-2-6-14(11)15/h1-8,10H,9,18H2. The summed E-state index contributed by atoms with van der Waals surface area (Å²) in [5.41, 5.74) is 6.61. The average molecular weight is 329 g/mol. The van der Waals surface area contributed by atoms with E-state index < -0.39 is 0 Å². The number of hydrogen-bond donors (Lipinski definition) is 1. The highest BCUT2D eigenvalue weighted by Gasteiger charge is 2.08. The third-order valence-electron chi connectivity index (χ3n) is 3.07. The van der Waals surface area contributed by atoms with Crippen molar-refractivity contribution in [3.63, 3.8) is 0 Å². The largest absolute Gasteiger partial charge is 0.438 e. The van der Waals surface area contributed by atoms with Crippen LogP contribution in [0, 0.1) is 0 Å². The van der Waals surface area contributed by atoms with Crippen molar-refractivity contribution in [2.75, 3.05) is 0 Å². The van der Waals surface area contributed by atoms with E-state index in [4.69, 9.17) is 10.5 Å². The summed E-state index contributed by atoms with van der Waals surface area (Å²) in [7, 11) is 0. The zero-order valence-electron chi connectivity index (χ0n) is 10.7. The minimum absolute atomic E-state index is 0.381. The second-order valence-electron chi connectivity index (χ2n) is 4.40. The number of halogens is 1. The highest BCUT2D eigenvalue weighted by Crippen LogP contribution is 2.31. The van der Waals surface area contributed by atoms with Crippen molar-refractivity contribution in [3.8, 4) is 11.6 Å². The number of rotatable bonds is 3. The Morgan fingerprint density at radius 2 is 1.90 bits per heavy atom. The maximum atomic E-state index is 5.96. The van der Waals surface area contributed by atoms with E-state index in [9.17, 15) is 0 Å². The van der Waals surface area contributed by atoms with Crippen LogP contribution in [0.2, 0.25) is 0 Å². The molecule has 4 heteroatoms. The van der Waals surface area contributed by atoms with Crippen molar-refractivity contribution in [2.45, 2.75) is 6.54 Å². The van der Waals surface area contributed by atoms with Gasteiger partial charge in [0.25, 0.3) is 0 Å². The van der Waals surface area contributed by atoms with Gasteiger partial charge in [-0.1, -0.05) is 36.4 Å². The Morgan fingerprint density at radius 3 is 2.75 bits per heavy atom. The Hall–Kier alpha value is -1.91. The molecule has 0 spiro atoms. The third kappa shape index (κ3) is 2.53. The first-order valence-corrected chi connectivity index (χ1v) is 7.07. The lowest BCUT2D eigenvalue weighted by Gasteiger charge is -2.11. The summed E-state index contributed by atoms with van der Waals surface area (Å²) in [5, 5.41) is 2.19. The normalized spacial score (nSPS) is 10.7. The molecule has 0 aliphatic carbocycles. The first-order valence-electron chi connectivity index (χ1n) is 6.28. The van der Waals surface area contributed by atoms with E-state index in [2.05, 4.69) is 33.0 Å². The van der Waals surface area contributed by atoms with Gasteiger partial charge >= 0.3 is 0 Å². The summed E-state index contributed by atoms with van der Waals surface area (Å²) in [5.74, 6) is 1.33. The Balaban J connectivity index is 2.05. The fourth-order valence-electron chi connectivity index (χ4n) is 2.10. The second-order valence-corrected chi connectivity index (χ2v) is 5.32. The van der Waals surface area contributed by atoms with Crippen LogP contribution in [-0.4, -0.2) is 4.98 Å². The summed E-state index contributed by atoms with van der Waals surface area (Å²) < 4.78 is 6.85. The van der Waals surface area contributed by atoms with Crippen LogP contribution in [0.25, 0.3) is 10.8 Å².